The minimum absolute atomic E-state index is 0.0976. The lowest BCUT2D eigenvalue weighted by molar-refractivity contribution is -0.135. The average Bonchev–Trinajstić information content (AvgIpc) is 2.89. The molecule has 0 aromatic carbocycles. The number of carbonyl (C=O) groups excluding carboxylic acids is 1. The van der Waals surface area contributed by atoms with Crippen molar-refractivity contribution >= 4 is 5.91 Å². The number of carbonyl (C=O) groups is 1. The monoisotopic (exact) mass is 290 g/mol. The van der Waals surface area contributed by atoms with Crippen LogP contribution in [0, 0.1) is 11.8 Å². The van der Waals surface area contributed by atoms with Crippen molar-refractivity contribution in [2.45, 2.75) is 58.8 Å². The second-order valence-electron chi connectivity index (χ2n) is 7.07. The highest BCUT2D eigenvalue weighted by Gasteiger charge is 2.31. The van der Waals surface area contributed by atoms with Crippen molar-refractivity contribution in [3.05, 3.63) is 17.0 Å². The van der Waals surface area contributed by atoms with Crippen LogP contribution < -0.4 is 0 Å². The molecule has 1 amide bonds. The molecule has 0 bridgehead atoms. The predicted octanol–water partition coefficient (Wildman–Crippen LogP) is 3.16. The summed E-state index contributed by atoms with van der Waals surface area (Å²) in [5, 5.41) is 4.29. The summed E-state index contributed by atoms with van der Waals surface area (Å²) in [5.41, 5.74) is 2.56. The minimum atomic E-state index is 0.0976. The van der Waals surface area contributed by atoms with E-state index >= 15 is 0 Å². The first-order valence-corrected chi connectivity index (χ1v) is 8.32. The first-order chi connectivity index (χ1) is 10.1. The topological polar surface area (TPSA) is 46.3 Å². The van der Waals surface area contributed by atoms with E-state index in [4.69, 9.17) is 4.52 Å². The van der Waals surface area contributed by atoms with Crippen LogP contribution in [-0.4, -0.2) is 29.1 Å². The van der Waals surface area contributed by atoms with Crippen LogP contribution >= 0.6 is 0 Å². The van der Waals surface area contributed by atoms with Crippen molar-refractivity contribution in [3.8, 4) is 0 Å². The lowest BCUT2D eigenvalue weighted by Gasteiger charge is -2.32. The maximum Gasteiger partial charge on any atom is 0.225 e. The number of nitrogens with zero attached hydrogens (tertiary/aromatic N) is 2. The predicted molar refractivity (Wildman–Crippen MR) is 81.1 cm³/mol. The van der Waals surface area contributed by atoms with Gasteiger partial charge in [0.2, 0.25) is 5.91 Å². The molecule has 0 spiro atoms. The fourth-order valence-corrected chi connectivity index (χ4v) is 3.65. The van der Waals surface area contributed by atoms with Crippen LogP contribution in [0.3, 0.4) is 0 Å². The highest BCUT2D eigenvalue weighted by atomic mass is 16.5. The quantitative estimate of drug-likeness (QED) is 0.840. The van der Waals surface area contributed by atoms with Crippen molar-refractivity contribution in [1.82, 2.24) is 10.1 Å². The van der Waals surface area contributed by atoms with E-state index in [1.165, 1.54) is 17.7 Å². The highest BCUT2D eigenvalue weighted by molar-refractivity contribution is 5.78. The zero-order chi connectivity index (χ0) is 15.0. The van der Waals surface area contributed by atoms with Crippen LogP contribution in [0.25, 0.3) is 0 Å². The lowest BCUT2D eigenvalue weighted by atomic mass is 9.83. The van der Waals surface area contributed by atoms with Gasteiger partial charge < -0.3 is 9.42 Å². The van der Waals surface area contributed by atoms with Gasteiger partial charge in [-0.05, 0) is 38.0 Å². The van der Waals surface area contributed by atoms with Gasteiger partial charge >= 0.3 is 0 Å². The zero-order valence-corrected chi connectivity index (χ0v) is 13.4. The Morgan fingerprint density at radius 3 is 2.67 bits per heavy atom. The molecule has 0 radical (unpaired) electrons. The Morgan fingerprint density at radius 2 is 2.00 bits per heavy atom. The second kappa shape index (κ2) is 5.82. The Bertz CT molecular complexity index is 513. The molecule has 21 heavy (non-hydrogen) atoms. The molecule has 1 aliphatic heterocycles. The standard InChI is InChI=1S/C17H26N2O2/c1-11(2)17(20)19-8-6-13(7-9-19)16-14-10-12(3)4-5-15(14)18-21-16/h11-13H,4-10H2,1-3H3. The number of aryl methyl sites for hydroxylation is 1. The fraction of sp³-hybridized carbons (Fsp3) is 0.765. The number of piperidine rings is 1. The molecular formula is C17H26N2O2. The van der Waals surface area contributed by atoms with Gasteiger partial charge in [-0.1, -0.05) is 25.9 Å². The van der Waals surface area contributed by atoms with E-state index in [0.717, 1.165) is 50.5 Å². The van der Waals surface area contributed by atoms with Crippen LogP contribution in [0.15, 0.2) is 4.52 Å². The van der Waals surface area contributed by atoms with Crippen molar-refractivity contribution < 1.29 is 9.32 Å². The third kappa shape index (κ3) is 2.85. The van der Waals surface area contributed by atoms with Gasteiger partial charge in [0.25, 0.3) is 0 Å². The number of fused-ring (bicyclic) bond motifs is 1. The van der Waals surface area contributed by atoms with E-state index in [2.05, 4.69) is 12.1 Å². The van der Waals surface area contributed by atoms with Gasteiger partial charge in [-0.15, -0.1) is 0 Å². The minimum Gasteiger partial charge on any atom is -0.361 e. The van der Waals surface area contributed by atoms with Crippen LogP contribution in [-0.2, 0) is 17.6 Å². The molecule has 2 heterocycles. The fourth-order valence-electron chi connectivity index (χ4n) is 3.65. The summed E-state index contributed by atoms with van der Waals surface area (Å²) in [4.78, 5) is 14.1. The molecular weight excluding hydrogens is 264 g/mol. The molecule has 0 N–H and O–H groups in total. The van der Waals surface area contributed by atoms with Crippen LogP contribution in [0.5, 0.6) is 0 Å². The van der Waals surface area contributed by atoms with Gasteiger partial charge in [-0.25, -0.2) is 0 Å². The molecule has 1 saturated heterocycles. The number of rotatable bonds is 2. The van der Waals surface area contributed by atoms with E-state index in [0.29, 0.717) is 5.92 Å². The summed E-state index contributed by atoms with van der Waals surface area (Å²) >= 11 is 0. The smallest absolute Gasteiger partial charge is 0.225 e. The van der Waals surface area contributed by atoms with Gasteiger partial charge in [0.05, 0.1) is 5.69 Å². The third-order valence-corrected chi connectivity index (χ3v) is 5.00. The molecule has 1 atom stereocenters. The largest absolute Gasteiger partial charge is 0.361 e. The summed E-state index contributed by atoms with van der Waals surface area (Å²) in [6, 6.07) is 0. The molecule has 116 valence electrons. The Labute approximate surface area is 126 Å². The van der Waals surface area contributed by atoms with E-state index in [1.807, 2.05) is 18.7 Å². The average molecular weight is 290 g/mol. The number of hydrogen-bond donors (Lipinski definition) is 0. The molecule has 1 aromatic rings. The molecule has 0 saturated carbocycles. The Morgan fingerprint density at radius 1 is 1.29 bits per heavy atom. The molecule has 2 aliphatic rings. The molecule has 4 nitrogen and oxygen atoms in total. The molecule has 1 fully saturated rings. The maximum absolute atomic E-state index is 12.1. The third-order valence-electron chi connectivity index (χ3n) is 5.00. The Hall–Kier alpha value is -1.32. The lowest BCUT2D eigenvalue weighted by Crippen LogP contribution is -2.40. The highest BCUT2D eigenvalue weighted by Crippen LogP contribution is 2.36. The number of likely N-dealkylation sites (tertiary alicyclic amines) is 1. The summed E-state index contributed by atoms with van der Waals surface area (Å²) in [6.45, 7) is 7.97. The van der Waals surface area contributed by atoms with E-state index in [-0.39, 0.29) is 11.8 Å². The summed E-state index contributed by atoms with van der Waals surface area (Å²) in [6.07, 6.45) is 5.41. The first-order valence-electron chi connectivity index (χ1n) is 8.32. The van der Waals surface area contributed by atoms with E-state index in [1.54, 1.807) is 0 Å². The molecule has 4 heteroatoms. The molecule has 1 aromatic heterocycles. The van der Waals surface area contributed by atoms with Gasteiger partial charge in [0, 0.05) is 30.5 Å². The number of amides is 1. The maximum atomic E-state index is 12.1. The van der Waals surface area contributed by atoms with Crippen molar-refractivity contribution in [2.75, 3.05) is 13.1 Å². The second-order valence-corrected chi connectivity index (χ2v) is 7.07. The van der Waals surface area contributed by atoms with Gasteiger partial charge in [-0.2, -0.15) is 0 Å². The molecule has 1 aliphatic carbocycles. The summed E-state index contributed by atoms with van der Waals surface area (Å²) in [5.74, 6) is 2.68. The normalized spacial score (nSPS) is 23.4. The molecule has 3 rings (SSSR count). The number of hydrogen-bond acceptors (Lipinski definition) is 3. The summed E-state index contributed by atoms with van der Waals surface area (Å²) < 4.78 is 5.70. The Balaban J connectivity index is 1.68. The van der Waals surface area contributed by atoms with Crippen molar-refractivity contribution in [1.29, 1.82) is 0 Å². The summed E-state index contributed by atoms with van der Waals surface area (Å²) in [7, 11) is 0. The van der Waals surface area contributed by atoms with Gasteiger partial charge in [0.15, 0.2) is 0 Å². The Kier molecular flexibility index (Phi) is 4.05. The van der Waals surface area contributed by atoms with Crippen molar-refractivity contribution in [2.24, 2.45) is 11.8 Å². The van der Waals surface area contributed by atoms with Crippen LogP contribution in [0.2, 0.25) is 0 Å². The first kappa shape index (κ1) is 14.6. The zero-order valence-electron chi connectivity index (χ0n) is 13.4. The SMILES string of the molecule is CC1CCc2noc(C3CCN(C(=O)C(C)C)CC3)c2C1. The molecule has 1 unspecified atom stereocenters. The number of aromatic nitrogens is 1. The van der Waals surface area contributed by atoms with Crippen LogP contribution in [0.4, 0.5) is 0 Å². The van der Waals surface area contributed by atoms with Gasteiger partial charge in [-0.3, -0.25) is 4.79 Å². The van der Waals surface area contributed by atoms with Crippen molar-refractivity contribution in [3.63, 3.8) is 0 Å². The van der Waals surface area contributed by atoms with Gasteiger partial charge in [0.1, 0.15) is 5.76 Å². The van der Waals surface area contributed by atoms with E-state index < -0.39 is 0 Å². The van der Waals surface area contributed by atoms with Crippen LogP contribution in [0.1, 0.15) is 63.0 Å². The van der Waals surface area contributed by atoms with E-state index in [9.17, 15) is 4.79 Å².